The lowest BCUT2D eigenvalue weighted by atomic mass is 9.93. The van der Waals surface area contributed by atoms with Gasteiger partial charge in [0.2, 0.25) is 11.8 Å². The summed E-state index contributed by atoms with van der Waals surface area (Å²) in [7, 11) is -3.76. The summed E-state index contributed by atoms with van der Waals surface area (Å²) < 4.78 is 39.5. The number of nitrogens with zero attached hydrogens (tertiary/aromatic N) is 1. The quantitative estimate of drug-likeness (QED) is 0.695. The first-order valence-electron chi connectivity index (χ1n) is 10.3. The first-order valence-corrected chi connectivity index (χ1v) is 11.9. The fourth-order valence-corrected chi connectivity index (χ4v) is 5.96. The van der Waals surface area contributed by atoms with E-state index < -0.39 is 50.1 Å². The van der Waals surface area contributed by atoms with Crippen molar-refractivity contribution in [2.75, 3.05) is 5.32 Å². The van der Waals surface area contributed by atoms with Crippen molar-refractivity contribution in [2.45, 2.75) is 41.4 Å². The van der Waals surface area contributed by atoms with Gasteiger partial charge in [-0.05, 0) is 62.1 Å². The van der Waals surface area contributed by atoms with Crippen molar-refractivity contribution in [3.63, 3.8) is 0 Å². The van der Waals surface area contributed by atoms with Crippen LogP contribution >= 0.6 is 0 Å². The summed E-state index contributed by atoms with van der Waals surface area (Å²) in [6.45, 7) is 0. The summed E-state index contributed by atoms with van der Waals surface area (Å²) in [5, 5.41) is 13.7. The molecule has 0 saturated heterocycles. The van der Waals surface area contributed by atoms with E-state index in [1.54, 1.807) is 18.2 Å². The zero-order valence-electron chi connectivity index (χ0n) is 17.1. The number of halogens is 1. The number of nitrogens with one attached hydrogen (secondary N) is 2. The van der Waals surface area contributed by atoms with Crippen LogP contribution in [-0.4, -0.2) is 31.0 Å². The van der Waals surface area contributed by atoms with E-state index in [2.05, 4.69) is 16.7 Å². The van der Waals surface area contributed by atoms with E-state index >= 15 is 0 Å². The van der Waals surface area contributed by atoms with Crippen molar-refractivity contribution in [2.24, 2.45) is 11.8 Å². The Morgan fingerprint density at radius 1 is 0.969 bits per heavy atom. The number of carbonyl (C=O) groups is 2. The molecule has 0 radical (unpaired) electrons. The summed E-state index contributed by atoms with van der Waals surface area (Å²) in [5.41, 5.74) is -0.577. The SMILES string of the molecule is N#CC1(NC(=O)C2CC(S(=O)(=O)c3ccccc3)CC2C(=O)Nc2ccc(F)cc2)CC1. The number of sulfone groups is 1. The Bertz CT molecular complexity index is 1170. The number of nitriles is 1. The monoisotopic (exact) mass is 455 g/mol. The molecule has 2 fully saturated rings. The van der Waals surface area contributed by atoms with Gasteiger partial charge in [0.25, 0.3) is 0 Å². The highest BCUT2D eigenvalue weighted by Gasteiger charge is 2.51. The van der Waals surface area contributed by atoms with Crippen LogP contribution < -0.4 is 10.6 Å². The largest absolute Gasteiger partial charge is 0.338 e. The Morgan fingerprint density at radius 3 is 2.12 bits per heavy atom. The van der Waals surface area contributed by atoms with Crippen LogP contribution in [0, 0.1) is 29.0 Å². The number of carbonyl (C=O) groups excluding carboxylic acids is 2. The van der Waals surface area contributed by atoms with Crippen molar-refractivity contribution in [1.82, 2.24) is 5.32 Å². The predicted octanol–water partition coefficient (Wildman–Crippen LogP) is 2.81. The molecule has 7 nitrogen and oxygen atoms in total. The minimum atomic E-state index is -3.76. The molecule has 3 unspecified atom stereocenters. The van der Waals surface area contributed by atoms with Gasteiger partial charge in [-0.1, -0.05) is 18.2 Å². The molecule has 3 atom stereocenters. The first-order chi connectivity index (χ1) is 15.2. The molecule has 2 aliphatic rings. The maximum absolute atomic E-state index is 13.2. The van der Waals surface area contributed by atoms with Gasteiger partial charge < -0.3 is 10.6 Å². The average molecular weight is 456 g/mol. The van der Waals surface area contributed by atoms with Crippen LogP contribution in [0.25, 0.3) is 0 Å². The van der Waals surface area contributed by atoms with E-state index in [0.29, 0.717) is 18.5 Å². The van der Waals surface area contributed by atoms with Crippen LogP contribution in [0.2, 0.25) is 0 Å². The van der Waals surface area contributed by atoms with Gasteiger partial charge in [0.05, 0.1) is 28.1 Å². The normalized spacial score (nSPS) is 23.7. The standard InChI is InChI=1S/C23H22FN3O4S/c24-15-6-8-16(9-7-15)26-21(28)19-12-18(32(30,31)17-4-2-1-3-5-17)13-20(19)22(29)27-23(14-25)10-11-23/h1-9,18-20H,10-13H2,(H,26,28)(H,27,29). The molecule has 2 aromatic carbocycles. The topological polar surface area (TPSA) is 116 Å². The lowest BCUT2D eigenvalue weighted by Gasteiger charge is -2.20. The maximum atomic E-state index is 13.2. The molecule has 2 amide bonds. The Labute approximate surface area is 185 Å². The highest BCUT2D eigenvalue weighted by atomic mass is 32.2. The summed E-state index contributed by atoms with van der Waals surface area (Å²) in [6.07, 6.45) is 1.01. The molecule has 166 valence electrons. The van der Waals surface area contributed by atoms with Crippen molar-refractivity contribution >= 4 is 27.3 Å². The van der Waals surface area contributed by atoms with Gasteiger partial charge in [-0.3, -0.25) is 9.59 Å². The van der Waals surface area contributed by atoms with Crippen molar-refractivity contribution in [1.29, 1.82) is 5.26 Å². The number of rotatable bonds is 6. The minimum absolute atomic E-state index is 0.0218. The zero-order chi connectivity index (χ0) is 22.9. The molecule has 0 bridgehead atoms. The van der Waals surface area contributed by atoms with E-state index in [1.165, 1.54) is 36.4 Å². The summed E-state index contributed by atoms with van der Waals surface area (Å²) in [4.78, 5) is 26.2. The van der Waals surface area contributed by atoms with E-state index in [4.69, 9.17) is 0 Å². The van der Waals surface area contributed by atoms with Gasteiger partial charge in [0, 0.05) is 5.69 Å². The molecule has 0 heterocycles. The lowest BCUT2D eigenvalue weighted by molar-refractivity contribution is -0.131. The molecule has 2 N–H and O–H groups in total. The third-order valence-corrected chi connectivity index (χ3v) is 8.33. The van der Waals surface area contributed by atoms with Gasteiger partial charge in [-0.2, -0.15) is 5.26 Å². The molecule has 0 aliphatic heterocycles. The van der Waals surface area contributed by atoms with Gasteiger partial charge in [0.15, 0.2) is 9.84 Å². The van der Waals surface area contributed by atoms with Crippen LogP contribution in [0.1, 0.15) is 25.7 Å². The van der Waals surface area contributed by atoms with Crippen LogP contribution in [0.5, 0.6) is 0 Å². The molecule has 2 aliphatic carbocycles. The summed E-state index contributed by atoms with van der Waals surface area (Å²) in [5.74, 6) is -3.26. The second-order valence-electron chi connectivity index (χ2n) is 8.34. The van der Waals surface area contributed by atoms with Gasteiger partial charge in [0.1, 0.15) is 11.4 Å². The molecular formula is C23H22FN3O4S. The van der Waals surface area contributed by atoms with E-state index in [1.807, 2.05) is 0 Å². The Morgan fingerprint density at radius 2 is 1.56 bits per heavy atom. The van der Waals surface area contributed by atoms with Crippen LogP contribution in [0.4, 0.5) is 10.1 Å². The Hall–Kier alpha value is -3.25. The van der Waals surface area contributed by atoms with Gasteiger partial charge in [-0.15, -0.1) is 0 Å². The Balaban J connectivity index is 1.59. The summed E-state index contributed by atoms with van der Waals surface area (Å²) >= 11 is 0. The molecule has 32 heavy (non-hydrogen) atoms. The fourth-order valence-electron chi connectivity index (χ4n) is 4.11. The molecule has 2 aromatic rings. The molecule has 9 heteroatoms. The van der Waals surface area contributed by atoms with Crippen LogP contribution in [0.15, 0.2) is 59.5 Å². The molecule has 4 rings (SSSR count). The van der Waals surface area contributed by atoms with E-state index in [-0.39, 0.29) is 17.7 Å². The highest BCUT2D eigenvalue weighted by molar-refractivity contribution is 7.92. The zero-order valence-corrected chi connectivity index (χ0v) is 17.9. The third kappa shape index (κ3) is 4.36. The van der Waals surface area contributed by atoms with Crippen molar-refractivity contribution in [3.05, 3.63) is 60.4 Å². The molecule has 0 spiro atoms. The second-order valence-corrected chi connectivity index (χ2v) is 10.6. The number of hydrogen-bond acceptors (Lipinski definition) is 5. The van der Waals surface area contributed by atoms with Crippen LogP contribution in [-0.2, 0) is 19.4 Å². The molecule has 0 aromatic heterocycles. The maximum Gasteiger partial charge on any atom is 0.228 e. The van der Waals surface area contributed by atoms with Gasteiger partial charge in [-0.25, -0.2) is 12.8 Å². The fraction of sp³-hybridized carbons (Fsp3) is 0.348. The molecular weight excluding hydrogens is 433 g/mol. The highest BCUT2D eigenvalue weighted by Crippen LogP contribution is 2.41. The van der Waals surface area contributed by atoms with Crippen molar-refractivity contribution in [3.8, 4) is 6.07 Å². The lowest BCUT2D eigenvalue weighted by Crippen LogP contribution is -2.43. The van der Waals surface area contributed by atoms with E-state index in [0.717, 1.165) is 0 Å². The van der Waals surface area contributed by atoms with Crippen molar-refractivity contribution < 1.29 is 22.4 Å². The number of anilines is 1. The predicted molar refractivity (Wildman–Crippen MR) is 114 cm³/mol. The van der Waals surface area contributed by atoms with Crippen LogP contribution in [0.3, 0.4) is 0 Å². The van der Waals surface area contributed by atoms with E-state index in [9.17, 15) is 27.7 Å². The summed E-state index contributed by atoms with van der Waals surface area (Å²) in [6, 6.07) is 15.2. The smallest absolute Gasteiger partial charge is 0.228 e. The second kappa shape index (κ2) is 8.36. The number of amides is 2. The number of benzene rings is 2. The molecule has 2 saturated carbocycles. The van der Waals surface area contributed by atoms with Gasteiger partial charge >= 0.3 is 0 Å². The Kier molecular flexibility index (Phi) is 5.73. The average Bonchev–Trinajstić information content (AvgIpc) is 3.40. The third-order valence-electron chi connectivity index (χ3n) is 6.14. The first kappa shape index (κ1) is 22.0. The minimum Gasteiger partial charge on any atom is -0.338 e. The number of hydrogen-bond donors (Lipinski definition) is 2.